The molecule has 2 aromatic heterocycles. The van der Waals surface area contributed by atoms with E-state index in [4.69, 9.17) is 4.42 Å². The second-order valence-corrected chi connectivity index (χ2v) is 6.53. The Labute approximate surface area is 127 Å². The van der Waals surface area contributed by atoms with Crippen molar-refractivity contribution in [2.75, 3.05) is 0 Å². The van der Waals surface area contributed by atoms with E-state index >= 15 is 0 Å². The van der Waals surface area contributed by atoms with Crippen molar-refractivity contribution in [3.8, 4) is 0 Å². The molecule has 0 bridgehead atoms. The molecule has 0 aromatic carbocycles. The summed E-state index contributed by atoms with van der Waals surface area (Å²) in [4.78, 5) is 11.7. The van der Waals surface area contributed by atoms with Gasteiger partial charge in [0.05, 0.1) is 12.3 Å². The van der Waals surface area contributed by atoms with Gasteiger partial charge in [0, 0.05) is 12.1 Å². The van der Waals surface area contributed by atoms with Crippen LogP contribution >= 0.6 is 11.8 Å². The number of hydrogen-bond acceptors (Lipinski definition) is 5. The van der Waals surface area contributed by atoms with Crippen LogP contribution in [0.25, 0.3) is 0 Å². The van der Waals surface area contributed by atoms with Gasteiger partial charge in [-0.15, -0.1) is 5.10 Å². The average molecular weight is 308 g/mol. The molecule has 1 aliphatic rings. The van der Waals surface area contributed by atoms with Gasteiger partial charge in [0.1, 0.15) is 11.5 Å². The number of H-pyrrole nitrogens is 1. The van der Waals surface area contributed by atoms with E-state index in [1.807, 2.05) is 26.0 Å². The number of hydrogen-bond donors (Lipinski definition) is 2. The summed E-state index contributed by atoms with van der Waals surface area (Å²) in [5.41, 5.74) is -0.165. The quantitative estimate of drug-likeness (QED) is 0.768. The maximum atomic E-state index is 11.7. The highest BCUT2D eigenvalue weighted by atomic mass is 32.2. The number of furan rings is 1. The Morgan fingerprint density at radius 3 is 2.95 bits per heavy atom. The highest BCUT2D eigenvalue weighted by Gasteiger charge is 2.20. The van der Waals surface area contributed by atoms with E-state index in [1.165, 1.54) is 24.6 Å². The highest BCUT2D eigenvalue weighted by molar-refractivity contribution is 7.98. The summed E-state index contributed by atoms with van der Waals surface area (Å²) in [7, 11) is 0. The maximum Gasteiger partial charge on any atom is 0.344 e. The van der Waals surface area contributed by atoms with Crippen LogP contribution in [-0.4, -0.2) is 20.8 Å². The lowest BCUT2D eigenvalue weighted by Crippen LogP contribution is -2.19. The van der Waals surface area contributed by atoms with E-state index in [0.29, 0.717) is 17.0 Å². The van der Waals surface area contributed by atoms with Gasteiger partial charge in [0.15, 0.2) is 5.16 Å². The number of aromatic nitrogens is 3. The van der Waals surface area contributed by atoms with Gasteiger partial charge in [-0.05, 0) is 38.8 Å². The normalized spacial score (nSPS) is 15.0. The summed E-state index contributed by atoms with van der Waals surface area (Å²) < 4.78 is 7.44. The predicted molar refractivity (Wildman–Crippen MR) is 81.4 cm³/mol. The largest absolute Gasteiger partial charge is 0.464 e. The van der Waals surface area contributed by atoms with Crippen LogP contribution in [0.5, 0.6) is 0 Å². The lowest BCUT2D eigenvalue weighted by molar-refractivity contribution is 0.458. The molecule has 1 saturated carbocycles. The first-order chi connectivity index (χ1) is 10.1. The molecule has 1 aliphatic carbocycles. The molecule has 114 valence electrons. The molecule has 0 aliphatic heterocycles. The Morgan fingerprint density at radius 1 is 1.48 bits per heavy atom. The minimum absolute atomic E-state index is 0.0913. The van der Waals surface area contributed by atoms with Crippen LogP contribution in [0, 0.1) is 0 Å². The third kappa shape index (κ3) is 3.59. The highest BCUT2D eigenvalue weighted by Crippen LogP contribution is 2.24. The van der Waals surface area contributed by atoms with Gasteiger partial charge in [0.25, 0.3) is 0 Å². The summed E-state index contributed by atoms with van der Waals surface area (Å²) in [6, 6.07) is 4.76. The van der Waals surface area contributed by atoms with Crippen molar-refractivity contribution in [2.24, 2.45) is 0 Å². The third-order valence-electron chi connectivity index (χ3n) is 3.39. The van der Waals surface area contributed by atoms with Crippen molar-refractivity contribution in [1.29, 1.82) is 0 Å². The van der Waals surface area contributed by atoms with Gasteiger partial charge in [0.2, 0.25) is 0 Å². The van der Waals surface area contributed by atoms with E-state index in [9.17, 15) is 4.79 Å². The molecule has 1 fully saturated rings. The van der Waals surface area contributed by atoms with Crippen molar-refractivity contribution in [2.45, 2.75) is 56.2 Å². The molecule has 0 radical (unpaired) electrons. The maximum absolute atomic E-state index is 11.7. The molecule has 2 aromatic rings. The van der Waals surface area contributed by atoms with E-state index in [0.717, 1.165) is 18.1 Å². The molecular weight excluding hydrogens is 288 g/mol. The van der Waals surface area contributed by atoms with Gasteiger partial charge in [-0.25, -0.2) is 9.89 Å². The molecule has 2 heterocycles. The zero-order valence-corrected chi connectivity index (χ0v) is 13.1. The molecule has 3 rings (SSSR count). The van der Waals surface area contributed by atoms with Crippen molar-refractivity contribution >= 4 is 11.8 Å². The van der Waals surface area contributed by atoms with Gasteiger partial charge in [-0.2, -0.15) is 0 Å². The summed E-state index contributed by atoms with van der Waals surface area (Å²) in [6.07, 6.45) is 2.55. The molecule has 0 saturated heterocycles. The Kier molecular flexibility index (Phi) is 4.21. The summed E-state index contributed by atoms with van der Waals surface area (Å²) in [5.74, 6) is 2.53. The van der Waals surface area contributed by atoms with Gasteiger partial charge in [-0.1, -0.05) is 11.8 Å². The second-order valence-electron chi connectivity index (χ2n) is 5.59. The number of nitrogens with one attached hydrogen (secondary N) is 2. The molecule has 7 heteroatoms. The standard InChI is InChI=1S/C14H20N4O2S/c1-9(2)18-13(19)16-17-14(18)21-8-12-6-5-11(20-12)7-15-10-3-4-10/h5-6,9-10,15H,3-4,7-8H2,1-2H3,(H,16,19). The molecule has 0 unspecified atom stereocenters. The fourth-order valence-corrected chi connectivity index (χ4v) is 3.08. The van der Waals surface area contributed by atoms with Gasteiger partial charge in [-0.3, -0.25) is 4.57 Å². The number of rotatable bonds is 7. The lowest BCUT2D eigenvalue weighted by atomic mass is 10.4. The Hall–Kier alpha value is -1.47. The Bertz CT molecular complexity index is 654. The first kappa shape index (κ1) is 14.5. The zero-order chi connectivity index (χ0) is 14.8. The first-order valence-corrected chi connectivity index (χ1v) is 8.22. The topological polar surface area (TPSA) is 75.8 Å². The van der Waals surface area contributed by atoms with Crippen molar-refractivity contribution in [3.63, 3.8) is 0 Å². The second kappa shape index (κ2) is 6.11. The summed E-state index contributed by atoms with van der Waals surface area (Å²) in [6.45, 7) is 4.72. The minimum Gasteiger partial charge on any atom is -0.464 e. The Balaban J connectivity index is 1.58. The molecule has 6 nitrogen and oxygen atoms in total. The lowest BCUT2D eigenvalue weighted by Gasteiger charge is -2.07. The van der Waals surface area contributed by atoms with Crippen LogP contribution in [0.2, 0.25) is 0 Å². The number of thioether (sulfide) groups is 1. The van der Waals surface area contributed by atoms with E-state index in [1.54, 1.807) is 4.57 Å². The zero-order valence-electron chi connectivity index (χ0n) is 12.3. The number of aromatic amines is 1. The molecular formula is C14H20N4O2S. The van der Waals surface area contributed by atoms with Crippen LogP contribution in [-0.2, 0) is 12.3 Å². The molecule has 21 heavy (non-hydrogen) atoms. The average Bonchev–Trinajstić information content (AvgIpc) is 3.04. The summed E-state index contributed by atoms with van der Waals surface area (Å²) >= 11 is 1.51. The number of nitrogens with zero attached hydrogens (tertiary/aromatic N) is 2. The predicted octanol–water partition coefficient (Wildman–Crippen LogP) is 2.29. The van der Waals surface area contributed by atoms with Crippen LogP contribution in [0.3, 0.4) is 0 Å². The summed E-state index contributed by atoms with van der Waals surface area (Å²) in [5, 5.41) is 10.7. The van der Waals surface area contributed by atoms with Gasteiger partial charge < -0.3 is 9.73 Å². The van der Waals surface area contributed by atoms with E-state index in [-0.39, 0.29) is 11.7 Å². The van der Waals surface area contributed by atoms with Crippen molar-refractivity contribution in [3.05, 3.63) is 34.1 Å². The van der Waals surface area contributed by atoms with Crippen LogP contribution in [0.15, 0.2) is 26.5 Å². The first-order valence-electron chi connectivity index (χ1n) is 7.24. The Morgan fingerprint density at radius 2 is 2.24 bits per heavy atom. The van der Waals surface area contributed by atoms with E-state index in [2.05, 4.69) is 15.5 Å². The van der Waals surface area contributed by atoms with Gasteiger partial charge >= 0.3 is 5.69 Å². The molecule has 0 amide bonds. The monoisotopic (exact) mass is 308 g/mol. The minimum atomic E-state index is -0.165. The van der Waals surface area contributed by atoms with E-state index < -0.39 is 0 Å². The van der Waals surface area contributed by atoms with Crippen LogP contribution in [0.1, 0.15) is 44.3 Å². The van der Waals surface area contributed by atoms with Crippen LogP contribution in [0.4, 0.5) is 0 Å². The van der Waals surface area contributed by atoms with Crippen molar-refractivity contribution < 1.29 is 4.42 Å². The molecule has 0 atom stereocenters. The SMILES string of the molecule is CC(C)n1c(SCc2ccc(CNC3CC3)o2)n[nH]c1=O. The fraction of sp³-hybridized carbons (Fsp3) is 0.571. The van der Waals surface area contributed by atoms with Crippen molar-refractivity contribution in [1.82, 2.24) is 20.1 Å². The third-order valence-corrected chi connectivity index (χ3v) is 4.37. The molecule has 2 N–H and O–H groups in total. The fourth-order valence-electron chi connectivity index (χ4n) is 2.11. The molecule has 0 spiro atoms. The van der Waals surface area contributed by atoms with Crippen LogP contribution < -0.4 is 11.0 Å². The smallest absolute Gasteiger partial charge is 0.344 e.